The molecule has 1 aliphatic heterocycles. The van der Waals surface area contributed by atoms with Gasteiger partial charge in [-0.15, -0.1) is 6.58 Å². The van der Waals surface area contributed by atoms with Gasteiger partial charge in [0.2, 0.25) is 65.0 Å². The van der Waals surface area contributed by atoms with E-state index >= 15 is 9.59 Å². The average molecular weight is 1220 g/mol. The number of likely N-dealkylation sites (N-methyl/N-ethyl adjacent to an activating group) is 7. The van der Waals surface area contributed by atoms with Crippen molar-refractivity contribution in [3.63, 3.8) is 0 Å². The van der Waals surface area contributed by atoms with E-state index in [4.69, 9.17) is 0 Å². The SMILES string of the molecule is C=C(C)CC[C@@H](C)[C@@H](O)[C@H]1C(=O)N[C@@H](CC)C(=O)N(C)CC(=O)N(C)[C@@H](CC(C)C)C(=O)N[C@@H](C(C)C)C(=O)N(C)[C@@H](CC(C)C)C(=O)N[C@@H](C)C(=O)N[C@H](C)C(=O)N(C)[C@@H](CC(C)C)C(=O)N(C)[C@@H](CC(C)C)C(=O)N(C)[C@@H](C(C)C)C(=O)N1C. The number of carbonyl (C=O) groups excluding carboxylic acids is 11. The number of aliphatic hydroxyl groups excluding tert-OH is 1. The fourth-order valence-corrected chi connectivity index (χ4v) is 10.8. The summed E-state index contributed by atoms with van der Waals surface area (Å²) in [6.45, 7) is 33.4. The van der Waals surface area contributed by atoms with Gasteiger partial charge in [-0.05, 0) is 107 Å². The molecule has 1 heterocycles. The van der Waals surface area contributed by atoms with Crippen LogP contribution in [0.4, 0.5) is 0 Å². The van der Waals surface area contributed by atoms with E-state index in [-0.39, 0.29) is 55.8 Å². The van der Waals surface area contributed by atoms with E-state index in [1.165, 1.54) is 87.7 Å². The molecule has 0 aromatic heterocycles. The first-order valence-corrected chi connectivity index (χ1v) is 31.0. The minimum absolute atomic E-state index is 0.0200. The van der Waals surface area contributed by atoms with E-state index < -0.39 is 156 Å². The van der Waals surface area contributed by atoms with Crippen molar-refractivity contribution in [3.05, 3.63) is 12.2 Å². The first-order valence-electron chi connectivity index (χ1n) is 31.0. The number of carbonyl (C=O) groups is 11. The maximum Gasteiger partial charge on any atom is 0.246 e. The van der Waals surface area contributed by atoms with Gasteiger partial charge < -0.3 is 60.7 Å². The molecule has 1 fully saturated rings. The smallest absolute Gasteiger partial charge is 0.246 e. The average Bonchev–Trinajstić information content (AvgIpc) is 1.61. The quantitative estimate of drug-likeness (QED) is 0.139. The van der Waals surface area contributed by atoms with Gasteiger partial charge in [0.1, 0.15) is 60.4 Å². The highest BCUT2D eigenvalue weighted by Crippen LogP contribution is 2.26. The molecule has 1 rings (SSSR count). The van der Waals surface area contributed by atoms with Gasteiger partial charge in [-0.3, -0.25) is 52.7 Å². The number of hydrogen-bond donors (Lipinski definition) is 5. The van der Waals surface area contributed by atoms with Crippen molar-refractivity contribution in [3.8, 4) is 0 Å². The topological polar surface area (TPSA) is 279 Å². The van der Waals surface area contributed by atoms with E-state index in [2.05, 4.69) is 27.8 Å². The van der Waals surface area contributed by atoms with Crippen LogP contribution in [0.1, 0.15) is 163 Å². The first-order chi connectivity index (χ1) is 39.6. The first kappa shape index (κ1) is 77.9. The molecule has 0 aromatic rings. The van der Waals surface area contributed by atoms with Crippen LogP contribution in [0.15, 0.2) is 12.2 Å². The predicted molar refractivity (Wildman–Crippen MR) is 333 cm³/mol. The minimum Gasteiger partial charge on any atom is -0.390 e. The summed E-state index contributed by atoms with van der Waals surface area (Å²) in [6.07, 6.45) is 0.000359. The lowest BCUT2D eigenvalue weighted by molar-refractivity contribution is -0.157. The number of nitrogens with one attached hydrogen (secondary N) is 4. The van der Waals surface area contributed by atoms with Gasteiger partial charge in [0.25, 0.3) is 0 Å². The lowest BCUT2D eigenvalue weighted by atomic mass is 9.90. The molecule has 0 aromatic carbocycles. The Morgan fingerprint density at radius 3 is 1.33 bits per heavy atom. The van der Waals surface area contributed by atoms with Gasteiger partial charge in [-0.25, -0.2) is 0 Å². The maximum atomic E-state index is 15.2. The van der Waals surface area contributed by atoms with Crippen LogP contribution in [0, 0.1) is 41.4 Å². The molecule has 0 saturated carbocycles. The van der Waals surface area contributed by atoms with Crippen molar-refractivity contribution in [2.24, 2.45) is 41.4 Å². The van der Waals surface area contributed by atoms with Crippen molar-refractivity contribution >= 4 is 65.0 Å². The molecule has 492 valence electrons. The molecule has 23 heteroatoms. The van der Waals surface area contributed by atoms with Crippen molar-refractivity contribution in [1.82, 2.24) is 55.6 Å². The molecule has 5 N–H and O–H groups in total. The van der Waals surface area contributed by atoms with Crippen LogP contribution in [0.3, 0.4) is 0 Å². The van der Waals surface area contributed by atoms with Gasteiger partial charge in [-0.1, -0.05) is 103 Å². The van der Waals surface area contributed by atoms with Crippen LogP contribution in [0.5, 0.6) is 0 Å². The molecule has 86 heavy (non-hydrogen) atoms. The summed E-state index contributed by atoms with van der Waals surface area (Å²) in [5.74, 6) is -9.72. The molecule has 0 bridgehead atoms. The third-order valence-corrected chi connectivity index (χ3v) is 16.4. The number of rotatable bonds is 16. The van der Waals surface area contributed by atoms with Crippen LogP contribution in [0.25, 0.3) is 0 Å². The highest BCUT2D eigenvalue weighted by Gasteiger charge is 2.46. The zero-order valence-corrected chi connectivity index (χ0v) is 56.8. The fourth-order valence-electron chi connectivity index (χ4n) is 10.8. The second kappa shape index (κ2) is 35.0. The van der Waals surface area contributed by atoms with E-state index in [1.54, 1.807) is 41.5 Å². The van der Waals surface area contributed by atoms with E-state index in [1.807, 2.05) is 62.3 Å². The fraction of sp³-hybridized carbons (Fsp3) is 0.794. The Morgan fingerprint density at radius 1 is 0.477 bits per heavy atom. The summed E-state index contributed by atoms with van der Waals surface area (Å²) < 4.78 is 0. The highest BCUT2D eigenvalue weighted by atomic mass is 16.3. The summed E-state index contributed by atoms with van der Waals surface area (Å²) in [5, 5.41) is 23.2. The second-order valence-corrected chi connectivity index (χ2v) is 26.8. The van der Waals surface area contributed by atoms with E-state index in [0.29, 0.717) is 12.8 Å². The molecular formula is C63H113N11O12. The molecule has 1 saturated heterocycles. The number of amides is 11. The van der Waals surface area contributed by atoms with Crippen molar-refractivity contribution in [2.75, 3.05) is 55.9 Å². The molecular weight excluding hydrogens is 1100 g/mol. The Morgan fingerprint density at radius 2 is 0.884 bits per heavy atom. The molecule has 1 aliphatic rings. The highest BCUT2D eigenvalue weighted by molar-refractivity contribution is 5.99. The molecule has 0 unspecified atom stereocenters. The van der Waals surface area contributed by atoms with Gasteiger partial charge in [0, 0.05) is 49.3 Å². The molecule has 0 spiro atoms. The maximum absolute atomic E-state index is 15.2. The number of aliphatic hydroxyl groups is 1. The van der Waals surface area contributed by atoms with Crippen LogP contribution < -0.4 is 21.3 Å². The zero-order valence-electron chi connectivity index (χ0n) is 56.8. The summed E-state index contributed by atoms with van der Waals surface area (Å²) in [6, 6.07) is -12.4. The minimum atomic E-state index is -1.61. The largest absolute Gasteiger partial charge is 0.390 e. The zero-order chi connectivity index (χ0) is 66.8. The molecule has 23 nitrogen and oxygen atoms in total. The van der Waals surface area contributed by atoms with Crippen molar-refractivity contribution in [2.45, 2.75) is 229 Å². The predicted octanol–water partition coefficient (Wildman–Crippen LogP) is 3.66. The van der Waals surface area contributed by atoms with Crippen molar-refractivity contribution < 1.29 is 57.8 Å². The monoisotopic (exact) mass is 1220 g/mol. The third-order valence-electron chi connectivity index (χ3n) is 16.4. The Balaban J connectivity index is 4.33. The van der Waals surface area contributed by atoms with Gasteiger partial charge in [0.15, 0.2) is 0 Å². The Bertz CT molecular complexity index is 2360. The molecule has 12 atom stereocenters. The van der Waals surface area contributed by atoms with Crippen LogP contribution in [-0.4, -0.2) is 227 Å². The van der Waals surface area contributed by atoms with E-state index in [9.17, 15) is 48.3 Å². The lowest BCUT2D eigenvalue weighted by Crippen LogP contribution is -2.63. The Kier molecular flexibility index (Phi) is 31.7. The van der Waals surface area contributed by atoms with Gasteiger partial charge >= 0.3 is 0 Å². The molecule has 11 amide bonds. The third kappa shape index (κ3) is 21.9. The second-order valence-electron chi connectivity index (χ2n) is 26.8. The summed E-state index contributed by atoms with van der Waals surface area (Å²) >= 11 is 0. The number of allylic oxidation sites excluding steroid dienone is 1. The number of hydrogen-bond acceptors (Lipinski definition) is 12. The van der Waals surface area contributed by atoms with E-state index in [0.717, 1.165) is 15.4 Å². The van der Waals surface area contributed by atoms with Crippen LogP contribution in [-0.2, 0) is 52.7 Å². The molecule has 0 aliphatic carbocycles. The summed E-state index contributed by atoms with van der Waals surface area (Å²) in [5.41, 5.74) is 0.826. The van der Waals surface area contributed by atoms with Crippen LogP contribution >= 0.6 is 0 Å². The summed E-state index contributed by atoms with van der Waals surface area (Å²) in [7, 11) is 9.92. The standard InChI is InChI=1S/C63H113N11O12/c1-26-44-59(82)68(19)33-49(75)69(20)45(29-35(4)5)56(79)67-50(39(12)13)62(85)70(21)46(30-36(6)7)55(78)64-42(17)54(77)65-43(18)58(81)71(22)47(31-37(8)9)60(83)72(23)48(32-38(10)11)61(84)73(24)51(40(14)15)63(86)74(25)52(57(80)66-44)53(76)41(16)28-27-34(2)3/h35-48,50-53,76H,2,26-33H2,1,3-25H3,(H,64,78)(H,65,77)(H,66,80)(H,67,79)/t41-,42+,43-,44+,45+,46+,47+,48+,50+,51+,52+,53-/m1/s1. The van der Waals surface area contributed by atoms with Gasteiger partial charge in [-0.2, -0.15) is 0 Å². The van der Waals surface area contributed by atoms with Crippen molar-refractivity contribution in [1.29, 1.82) is 0 Å². The normalized spacial score (nSPS) is 26.6. The van der Waals surface area contributed by atoms with Crippen LogP contribution in [0.2, 0.25) is 0 Å². The summed E-state index contributed by atoms with van der Waals surface area (Å²) in [4.78, 5) is 169. The van der Waals surface area contributed by atoms with Gasteiger partial charge in [0.05, 0.1) is 12.6 Å². The Labute approximate surface area is 515 Å². The Hall–Kier alpha value is -6.13. The molecule has 0 radical (unpaired) electrons. The number of nitrogens with zero attached hydrogens (tertiary/aromatic N) is 7. The lowest BCUT2D eigenvalue weighted by Gasteiger charge is -2.41.